The molecule has 0 heterocycles. The monoisotopic (exact) mass is 368 g/mol. The molecule has 24 heavy (non-hydrogen) atoms. The number of hydrogen-bond acceptors (Lipinski definition) is 3. The van der Waals surface area contributed by atoms with Crippen LogP contribution in [0.2, 0.25) is 5.02 Å². The number of ether oxygens (including phenoxy) is 1. The molecule has 0 radical (unpaired) electrons. The molecule has 4 nitrogen and oxygen atoms in total. The van der Waals surface area contributed by atoms with Gasteiger partial charge in [0.25, 0.3) is 0 Å². The molecule has 2 unspecified atom stereocenters. The van der Waals surface area contributed by atoms with Crippen LogP contribution in [0.3, 0.4) is 0 Å². The van der Waals surface area contributed by atoms with Crippen LogP contribution in [0, 0.1) is 6.92 Å². The largest absolute Gasteiger partial charge is 0.375 e. The van der Waals surface area contributed by atoms with Gasteiger partial charge in [-0.25, -0.2) is 0 Å². The third kappa shape index (κ3) is 5.49. The summed E-state index contributed by atoms with van der Waals surface area (Å²) >= 11 is 5.88. The first-order chi connectivity index (χ1) is 11.0. The van der Waals surface area contributed by atoms with Crippen LogP contribution in [-0.2, 0) is 9.53 Å². The van der Waals surface area contributed by atoms with E-state index in [1.165, 1.54) is 0 Å². The summed E-state index contributed by atoms with van der Waals surface area (Å²) in [7, 11) is 1.60. The smallest absolute Gasteiger partial charge is 0.241 e. The topological polar surface area (TPSA) is 64.3 Å². The molecule has 0 fully saturated rings. The molecule has 0 saturated carbocycles. The van der Waals surface area contributed by atoms with Gasteiger partial charge in [-0.2, -0.15) is 0 Å². The molecule has 2 aromatic rings. The lowest BCUT2D eigenvalue weighted by Gasteiger charge is -2.19. The van der Waals surface area contributed by atoms with Gasteiger partial charge in [-0.3, -0.25) is 4.79 Å². The number of methoxy groups -OCH3 is 1. The average Bonchev–Trinajstić information content (AvgIpc) is 2.56. The number of benzene rings is 2. The summed E-state index contributed by atoms with van der Waals surface area (Å²) in [4.78, 5) is 12.2. The summed E-state index contributed by atoms with van der Waals surface area (Å²) in [5.41, 5.74) is 8.86. The Morgan fingerprint density at radius 3 is 2.21 bits per heavy atom. The molecule has 3 N–H and O–H groups in total. The maximum Gasteiger partial charge on any atom is 0.241 e. The summed E-state index contributed by atoms with van der Waals surface area (Å²) in [6.07, 6.45) is -0.249. The van der Waals surface area contributed by atoms with E-state index in [9.17, 15) is 4.79 Å². The van der Waals surface area contributed by atoms with Crippen molar-refractivity contribution in [3.8, 4) is 0 Å². The van der Waals surface area contributed by atoms with Crippen LogP contribution >= 0.6 is 24.0 Å². The molecule has 0 aliphatic heterocycles. The maximum atomic E-state index is 12.2. The van der Waals surface area contributed by atoms with Crippen LogP contribution in [0.1, 0.15) is 28.8 Å². The van der Waals surface area contributed by atoms with Crippen LogP contribution in [0.25, 0.3) is 0 Å². The van der Waals surface area contributed by atoms with Crippen molar-refractivity contribution in [3.63, 3.8) is 0 Å². The van der Waals surface area contributed by atoms with Crippen LogP contribution in [0.5, 0.6) is 0 Å². The van der Waals surface area contributed by atoms with Crippen molar-refractivity contribution in [2.75, 3.05) is 13.7 Å². The van der Waals surface area contributed by atoms with Crippen molar-refractivity contribution in [1.82, 2.24) is 5.32 Å². The fourth-order valence-electron chi connectivity index (χ4n) is 2.24. The SMILES string of the molecule is COC(CNC(=O)C(N)c1ccc(C)cc1)c1ccc(Cl)cc1.Cl. The second-order valence-corrected chi connectivity index (χ2v) is 5.85. The fraction of sp³-hybridized carbons (Fsp3) is 0.278. The van der Waals surface area contributed by atoms with Crippen molar-refractivity contribution in [3.05, 3.63) is 70.2 Å². The average molecular weight is 369 g/mol. The number of carbonyl (C=O) groups excluding carboxylic acids is 1. The molecular weight excluding hydrogens is 347 g/mol. The first kappa shape index (κ1) is 20.5. The van der Waals surface area contributed by atoms with Crippen LogP contribution in [0.4, 0.5) is 0 Å². The predicted octanol–water partition coefficient (Wildman–Crippen LogP) is 3.57. The number of amides is 1. The Kier molecular flexibility index (Phi) is 8.22. The molecule has 0 aliphatic rings. The summed E-state index contributed by atoms with van der Waals surface area (Å²) in [6, 6.07) is 14.3. The minimum absolute atomic E-state index is 0. The molecular formula is C18H22Cl2N2O2. The summed E-state index contributed by atoms with van der Waals surface area (Å²) < 4.78 is 5.43. The minimum atomic E-state index is -0.696. The highest BCUT2D eigenvalue weighted by atomic mass is 35.5. The molecule has 130 valence electrons. The van der Waals surface area contributed by atoms with Crippen molar-refractivity contribution >= 4 is 29.9 Å². The second-order valence-electron chi connectivity index (χ2n) is 5.41. The Morgan fingerprint density at radius 1 is 1.12 bits per heavy atom. The molecule has 1 amide bonds. The second kappa shape index (κ2) is 9.64. The number of hydrogen-bond donors (Lipinski definition) is 2. The Hall–Kier alpha value is -1.59. The number of halogens is 2. The fourth-order valence-corrected chi connectivity index (χ4v) is 2.37. The Morgan fingerprint density at radius 2 is 1.67 bits per heavy atom. The quantitative estimate of drug-likeness (QED) is 0.818. The van der Waals surface area contributed by atoms with Crippen molar-refractivity contribution < 1.29 is 9.53 Å². The predicted molar refractivity (Wildman–Crippen MR) is 99.6 cm³/mol. The highest BCUT2D eigenvalue weighted by Gasteiger charge is 2.18. The molecule has 0 bridgehead atoms. The van der Waals surface area contributed by atoms with Crippen LogP contribution in [0.15, 0.2) is 48.5 Å². The molecule has 2 aromatic carbocycles. The summed E-state index contributed by atoms with van der Waals surface area (Å²) in [5.74, 6) is -0.232. The van der Waals surface area contributed by atoms with E-state index in [0.29, 0.717) is 11.6 Å². The number of aryl methyl sites for hydroxylation is 1. The summed E-state index contributed by atoms with van der Waals surface area (Å²) in [5, 5.41) is 3.50. The van der Waals surface area contributed by atoms with Crippen molar-refractivity contribution in [1.29, 1.82) is 0 Å². The van der Waals surface area contributed by atoms with E-state index >= 15 is 0 Å². The summed E-state index contributed by atoms with van der Waals surface area (Å²) in [6.45, 7) is 2.33. The third-order valence-corrected chi connectivity index (χ3v) is 3.96. The lowest BCUT2D eigenvalue weighted by atomic mass is 10.0. The van der Waals surface area contributed by atoms with E-state index in [2.05, 4.69) is 5.32 Å². The van der Waals surface area contributed by atoms with Gasteiger partial charge in [-0.1, -0.05) is 53.6 Å². The minimum Gasteiger partial charge on any atom is -0.375 e. The van der Waals surface area contributed by atoms with Gasteiger partial charge in [0.15, 0.2) is 0 Å². The number of rotatable bonds is 6. The Bertz CT molecular complexity index is 645. The lowest BCUT2D eigenvalue weighted by molar-refractivity contribution is -0.123. The van der Waals surface area contributed by atoms with Crippen molar-refractivity contribution in [2.24, 2.45) is 5.73 Å². The van der Waals surface area contributed by atoms with Gasteiger partial charge >= 0.3 is 0 Å². The molecule has 2 atom stereocenters. The van der Waals surface area contributed by atoms with Gasteiger partial charge < -0.3 is 15.8 Å². The van der Waals surface area contributed by atoms with Gasteiger partial charge in [0.1, 0.15) is 6.04 Å². The van der Waals surface area contributed by atoms with E-state index in [4.69, 9.17) is 22.1 Å². The molecule has 0 saturated heterocycles. The zero-order chi connectivity index (χ0) is 16.8. The van der Waals surface area contributed by atoms with E-state index in [0.717, 1.165) is 16.7 Å². The zero-order valence-electron chi connectivity index (χ0n) is 13.7. The van der Waals surface area contributed by atoms with Gasteiger partial charge in [0, 0.05) is 18.7 Å². The first-order valence-electron chi connectivity index (χ1n) is 7.39. The zero-order valence-corrected chi connectivity index (χ0v) is 15.2. The maximum absolute atomic E-state index is 12.2. The highest BCUT2D eigenvalue weighted by molar-refractivity contribution is 6.30. The van der Waals surface area contributed by atoms with E-state index < -0.39 is 6.04 Å². The molecule has 0 spiro atoms. The standard InChI is InChI=1S/C18H21ClN2O2.ClH/c1-12-3-5-14(6-4-12)17(20)18(22)21-11-16(23-2)13-7-9-15(19)10-8-13;/h3-10,16-17H,11,20H2,1-2H3,(H,21,22);1H. The lowest BCUT2D eigenvalue weighted by Crippen LogP contribution is -2.36. The molecule has 0 aliphatic carbocycles. The molecule has 2 rings (SSSR count). The van der Waals surface area contributed by atoms with Gasteiger partial charge in [-0.15, -0.1) is 12.4 Å². The first-order valence-corrected chi connectivity index (χ1v) is 7.77. The Labute approximate surface area is 153 Å². The van der Waals surface area contributed by atoms with Gasteiger partial charge in [-0.05, 0) is 30.2 Å². The number of nitrogens with one attached hydrogen (secondary N) is 1. The van der Waals surface area contributed by atoms with Crippen LogP contribution in [-0.4, -0.2) is 19.6 Å². The van der Waals surface area contributed by atoms with E-state index in [-0.39, 0.29) is 24.4 Å². The van der Waals surface area contributed by atoms with E-state index in [1.54, 1.807) is 19.2 Å². The Balaban J connectivity index is 0.00000288. The highest BCUT2D eigenvalue weighted by Crippen LogP contribution is 2.19. The molecule has 6 heteroatoms. The number of nitrogens with two attached hydrogens (primary N) is 1. The molecule has 0 aromatic heterocycles. The van der Waals surface area contributed by atoms with Gasteiger partial charge in [0.05, 0.1) is 6.10 Å². The van der Waals surface area contributed by atoms with Gasteiger partial charge in [0.2, 0.25) is 5.91 Å². The van der Waals surface area contributed by atoms with E-state index in [1.807, 2.05) is 43.3 Å². The third-order valence-electron chi connectivity index (χ3n) is 3.71. The number of carbonyl (C=O) groups is 1. The normalized spacial score (nSPS) is 12.8. The van der Waals surface area contributed by atoms with Crippen molar-refractivity contribution in [2.45, 2.75) is 19.1 Å². The van der Waals surface area contributed by atoms with Crippen LogP contribution < -0.4 is 11.1 Å².